The van der Waals surface area contributed by atoms with Gasteiger partial charge in [-0.25, -0.2) is 0 Å². The van der Waals surface area contributed by atoms with Crippen LogP contribution in [0.4, 0.5) is 0 Å². The second-order valence-electron chi connectivity index (χ2n) is 4.69. The van der Waals surface area contributed by atoms with Crippen molar-refractivity contribution in [2.24, 2.45) is 0 Å². The van der Waals surface area contributed by atoms with Crippen LogP contribution in [0.25, 0.3) is 0 Å². The van der Waals surface area contributed by atoms with E-state index in [0.717, 1.165) is 19.5 Å². The fraction of sp³-hybridized carbons (Fsp3) is 0.235. The fourth-order valence-electron chi connectivity index (χ4n) is 2.07. The first kappa shape index (κ1) is 17.2. The number of carbonyl (C=O) groups is 1. The van der Waals surface area contributed by atoms with Gasteiger partial charge in [0.25, 0.3) is 5.91 Å². The van der Waals surface area contributed by atoms with Crippen LogP contribution in [0.5, 0.6) is 0 Å². The lowest BCUT2D eigenvalue weighted by Crippen LogP contribution is -2.19. The molecule has 0 aliphatic carbocycles. The highest BCUT2D eigenvalue weighted by molar-refractivity contribution is 5.94. The summed E-state index contributed by atoms with van der Waals surface area (Å²) < 4.78 is 0. The number of hydrogen-bond acceptors (Lipinski definition) is 2. The number of halogens is 1. The highest BCUT2D eigenvalue weighted by Crippen LogP contribution is 2.06. The van der Waals surface area contributed by atoms with E-state index < -0.39 is 0 Å². The van der Waals surface area contributed by atoms with Crippen molar-refractivity contribution in [3.63, 3.8) is 0 Å². The van der Waals surface area contributed by atoms with Crippen LogP contribution in [-0.4, -0.2) is 19.5 Å². The zero-order valence-electron chi connectivity index (χ0n) is 12.1. The Morgan fingerprint density at radius 2 is 1.71 bits per heavy atom. The molecule has 2 aromatic rings. The lowest BCUT2D eigenvalue weighted by Gasteiger charge is -2.06. The normalized spacial score (nSPS) is 9.76. The molecule has 0 aliphatic rings. The molecule has 0 unspecified atom stereocenters. The molecule has 0 bridgehead atoms. The highest BCUT2D eigenvalue weighted by atomic mass is 35.5. The van der Waals surface area contributed by atoms with E-state index in [1.54, 1.807) is 7.05 Å². The molecule has 21 heavy (non-hydrogen) atoms. The average molecular weight is 305 g/mol. The van der Waals surface area contributed by atoms with Gasteiger partial charge in [0.1, 0.15) is 0 Å². The van der Waals surface area contributed by atoms with Gasteiger partial charge in [0.2, 0.25) is 0 Å². The van der Waals surface area contributed by atoms with Crippen molar-refractivity contribution in [2.75, 3.05) is 13.6 Å². The molecule has 112 valence electrons. The Morgan fingerprint density at radius 1 is 1.00 bits per heavy atom. The molecule has 0 saturated heterocycles. The fourth-order valence-corrected chi connectivity index (χ4v) is 2.07. The third-order valence-corrected chi connectivity index (χ3v) is 3.18. The van der Waals surface area contributed by atoms with Gasteiger partial charge in [-0.3, -0.25) is 4.79 Å². The van der Waals surface area contributed by atoms with E-state index >= 15 is 0 Å². The minimum atomic E-state index is -0.0379. The van der Waals surface area contributed by atoms with Crippen molar-refractivity contribution >= 4 is 18.3 Å². The Morgan fingerprint density at radius 3 is 2.43 bits per heavy atom. The van der Waals surface area contributed by atoms with Crippen LogP contribution in [0.1, 0.15) is 21.5 Å². The predicted molar refractivity (Wildman–Crippen MR) is 88.9 cm³/mol. The van der Waals surface area contributed by atoms with Gasteiger partial charge in [0.15, 0.2) is 0 Å². The van der Waals surface area contributed by atoms with Gasteiger partial charge >= 0.3 is 0 Å². The second kappa shape index (κ2) is 9.16. The van der Waals surface area contributed by atoms with Crippen molar-refractivity contribution in [1.29, 1.82) is 0 Å². The van der Waals surface area contributed by atoms with Crippen LogP contribution in [-0.2, 0) is 13.0 Å². The van der Waals surface area contributed by atoms with Gasteiger partial charge < -0.3 is 10.6 Å². The molecular weight excluding hydrogens is 284 g/mol. The summed E-state index contributed by atoms with van der Waals surface area (Å²) in [5, 5.41) is 6.05. The molecule has 0 aliphatic heterocycles. The summed E-state index contributed by atoms with van der Waals surface area (Å²) in [4.78, 5) is 11.6. The van der Waals surface area contributed by atoms with E-state index in [9.17, 15) is 4.79 Å². The van der Waals surface area contributed by atoms with E-state index in [4.69, 9.17) is 0 Å². The van der Waals surface area contributed by atoms with Crippen LogP contribution >= 0.6 is 12.4 Å². The Labute approximate surface area is 132 Å². The summed E-state index contributed by atoms with van der Waals surface area (Å²) in [6, 6.07) is 18.1. The van der Waals surface area contributed by atoms with E-state index in [0.29, 0.717) is 5.56 Å². The molecular formula is C17H21ClN2O. The topological polar surface area (TPSA) is 41.1 Å². The van der Waals surface area contributed by atoms with Gasteiger partial charge in [0, 0.05) is 19.2 Å². The Bertz CT molecular complexity index is 558. The number of hydrogen-bond donors (Lipinski definition) is 2. The number of rotatable bonds is 6. The Hall–Kier alpha value is -1.84. The lowest BCUT2D eigenvalue weighted by molar-refractivity contribution is 0.0963. The van der Waals surface area contributed by atoms with Crippen LogP contribution in [0.3, 0.4) is 0 Å². The van der Waals surface area contributed by atoms with Crippen LogP contribution in [0, 0.1) is 0 Å². The molecule has 1 amide bonds. The summed E-state index contributed by atoms with van der Waals surface area (Å²) in [6.07, 6.45) is 0.914. The van der Waals surface area contributed by atoms with Crippen molar-refractivity contribution < 1.29 is 4.79 Å². The van der Waals surface area contributed by atoms with E-state index in [2.05, 4.69) is 28.8 Å². The lowest BCUT2D eigenvalue weighted by atomic mass is 10.1. The van der Waals surface area contributed by atoms with Gasteiger partial charge in [-0.15, -0.1) is 12.4 Å². The molecule has 4 heteroatoms. The quantitative estimate of drug-likeness (QED) is 0.806. The maximum Gasteiger partial charge on any atom is 0.251 e. The summed E-state index contributed by atoms with van der Waals surface area (Å²) >= 11 is 0. The predicted octanol–water partition coefficient (Wildman–Crippen LogP) is 2.80. The molecule has 0 fully saturated rings. The summed E-state index contributed by atoms with van der Waals surface area (Å²) in [5.41, 5.74) is 3.17. The second-order valence-corrected chi connectivity index (χ2v) is 4.69. The first-order valence-electron chi connectivity index (χ1n) is 6.85. The Kier molecular flexibility index (Phi) is 7.51. The zero-order chi connectivity index (χ0) is 14.2. The first-order valence-corrected chi connectivity index (χ1v) is 6.85. The van der Waals surface area contributed by atoms with Crippen LogP contribution < -0.4 is 10.6 Å². The van der Waals surface area contributed by atoms with E-state index in [1.165, 1.54) is 11.1 Å². The molecule has 3 nitrogen and oxygen atoms in total. The third kappa shape index (κ3) is 5.58. The summed E-state index contributed by atoms with van der Waals surface area (Å²) in [5.74, 6) is -0.0379. The highest BCUT2D eigenvalue weighted by Gasteiger charge is 2.03. The van der Waals surface area contributed by atoms with Crippen LogP contribution in [0.2, 0.25) is 0 Å². The molecule has 2 N–H and O–H groups in total. The molecule has 2 rings (SSSR count). The monoisotopic (exact) mass is 304 g/mol. The summed E-state index contributed by atoms with van der Waals surface area (Å²) in [6.45, 7) is 1.77. The molecule has 0 aromatic heterocycles. The molecule has 0 heterocycles. The zero-order valence-corrected chi connectivity index (χ0v) is 13.0. The molecule has 0 radical (unpaired) electrons. The van der Waals surface area contributed by atoms with Crippen molar-refractivity contribution in [1.82, 2.24) is 10.6 Å². The average Bonchev–Trinajstić information content (AvgIpc) is 2.52. The standard InChI is InChI=1S/C17H20N2O.ClH/c1-18-17(20)16-9-5-8-14(12-16)10-11-19-13-15-6-3-2-4-7-15;/h2-9,12,19H,10-11,13H2,1H3,(H,18,20);1H. The third-order valence-electron chi connectivity index (χ3n) is 3.18. The number of nitrogens with one attached hydrogen (secondary N) is 2. The molecule has 0 saturated carbocycles. The van der Waals surface area contributed by atoms with Gasteiger partial charge in [0.05, 0.1) is 0 Å². The largest absolute Gasteiger partial charge is 0.355 e. The van der Waals surface area contributed by atoms with Gasteiger partial charge in [-0.2, -0.15) is 0 Å². The summed E-state index contributed by atoms with van der Waals surface area (Å²) in [7, 11) is 1.65. The van der Waals surface area contributed by atoms with Crippen molar-refractivity contribution in [2.45, 2.75) is 13.0 Å². The van der Waals surface area contributed by atoms with Crippen LogP contribution in [0.15, 0.2) is 54.6 Å². The smallest absolute Gasteiger partial charge is 0.251 e. The van der Waals surface area contributed by atoms with E-state index in [1.807, 2.05) is 36.4 Å². The molecule has 2 aromatic carbocycles. The minimum absolute atomic E-state index is 0. The SMILES string of the molecule is CNC(=O)c1cccc(CCNCc2ccccc2)c1.Cl. The van der Waals surface area contributed by atoms with Crippen molar-refractivity contribution in [3.8, 4) is 0 Å². The Balaban J connectivity index is 0.00000220. The van der Waals surface area contributed by atoms with Gasteiger partial charge in [-0.1, -0.05) is 42.5 Å². The number of amides is 1. The maximum atomic E-state index is 11.6. The molecule has 0 spiro atoms. The number of benzene rings is 2. The van der Waals surface area contributed by atoms with Crippen molar-refractivity contribution in [3.05, 3.63) is 71.3 Å². The molecule has 0 atom stereocenters. The number of carbonyl (C=O) groups excluding carboxylic acids is 1. The van der Waals surface area contributed by atoms with Gasteiger partial charge in [-0.05, 0) is 36.2 Å². The minimum Gasteiger partial charge on any atom is -0.355 e. The van der Waals surface area contributed by atoms with E-state index in [-0.39, 0.29) is 18.3 Å². The first-order chi connectivity index (χ1) is 9.79. The maximum absolute atomic E-state index is 11.6.